The van der Waals surface area contributed by atoms with Crippen LogP contribution in [-0.4, -0.2) is 41.3 Å². The summed E-state index contributed by atoms with van der Waals surface area (Å²) in [5, 5.41) is 16.9. The molecule has 0 spiro atoms. The molecule has 118 valence electrons. The topological polar surface area (TPSA) is 86.8 Å². The molecule has 0 aliphatic carbocycles. The molecular formula is C16H26N2O3. The van der Waals surface area contributed by atoms with Gasteiger partial charge in [-0.1, -0.05) is 25.5 Å². The molecule has 0 bridgehead atoms. The number of amides is 1. The molecule has 1 fully saturated rings. The predicted octanol–water partition coefficient (Wildman–Crippen LogP) is 2.78. The molecule has 0 saturated carbocycles. The number of primary amides is 1. The van der Waals surface area contributed by atoms with Gasteiger partial charge in [-0.2, -0.15) is 0 Å². The molecule has 2 rings (SSSR count). The van der Waals surface area contributed by atoms with Crippen molar-refractivity contribution in [3.8, 4) is 5.75 Å². The molecule has 1 amide bonds. The molecule has 1 atom stereocenters. The fourth-order valence-corrected chi connectivity index (χ4v) is 3.08. The Hall–Kier alpha value is -1.75. The van der Waals surface area contributed by atoms with E-state index >= 15 is 0 Å². The number of rotatable bonds is 2. The largest absolute Gasteiger partial charge is 0.508 e. The second-order valence-electron chi connectivity index (χ2n) is 5.72. The van der Waals surface area contributed by atoms with Gasteiger partial charge in [0.15, 0.2) is 0 Å². The van der Waals surface area contributed by atoms with Crippen molar-refractivity contribution in [1.29, 1.82) is 0 Å². The molecule has 1 aromatic rings. The summed E-state index contributed by atoms with van der Waals surface area (Å²) in [7, 11) is 2.21. The minimum Gasteiger partial charge on any atom is -0.508 e. The van der Waals surface area contributed by atoms with Gasteiger partial charge in [0.05, 0.1) is 0 Å². The van der Waals surface area contributed by atoms with E-state index in [2.05, 4.69) is 30.7 Å². The van der Waals surface area contributed by atoms with Gasteiger partial charge in [-0.3, -0.25) is 0 Å². The molecule has 1 heterocycles. The molecule has 1 unspecified atom stereocenters. The van der Waals surface area contributed by atoms with E-state index in [-0.39, 0.29) is 5.41 Å². The van der Waals surface area contributed by atoms with Crippen LogP contribution in [-0.2, 0) is 5.41 Å². The van der Waals surface area contributed by atoms with E-state index in [1.807, 2.05) is 12.1 Å². The molecule has 1 aliphatic rings. The number of nitrogens with two attached hydrogens (primary N) is 1. The minimum atomic E-state index is -1.33. The van der Waals surface area contributed by atoms with Crippen LogP contribution in [0.25, 0.3) is 0 Å². The van der Waals surface area contributed by atoms with E-state index < -0.39 is 6.09 Å². The van der Waals surface area contributed by atoms with Crippen molar-refractivity contribution in [1.82, 2.24) is 4.90 Å². The maximum absolute atomic E-state index is 9.68. The number of likely N-dealkylation sites (tertiary alicyclic amines) is 1. The summed E-state index contributed by atoms with van der Waals surface area (Å²) in [6.45, 7) is 4.57. The second-order valence-corrected chi connectivity index (χ2v) is 5.72. The Morgan fingerprint density at radius 2 is 2.10 bits per heavy atom. The van der Waals surface area contributed by atoms with E-state index in [0.717, 1.165) is 13.0 Å². The van der Waals surface area contributed by atoms with Crippen LogP contribution in [0.5, 0.6) is 5.75 Å². The van der Waals surface area contributed by atoms with Gasteiger partial charge in [-0.05, 0) is 50.6 Å². The van der Waals surface area contributed by atoms with Crippen molar-refractivity contribution in [2.24, 2.45) is 5.73 Å². The van der Waals surface area contributed by atoms with Crippen LogP contribution in [0.15, 0.2) is 24.3 Å². The van der Waals surface area contributed by atoms with Gasteiger partial charge in [-0.25, -0.2) is 4.79 Å². The van der Waals surface area contributed by atoms with Crippen molar-refractivity contribution in [3.05, 3.63) is 29.8 Å². The number of likely N-dealkylation sites (N-methyl/N-ethyl adjacent to an activating group) is 1. The third-order valence-electron chi connectivity index (χ3n) is 4.15. The van der Waals surface area contributed by atoms with Gasteiger partial charge in [0.25, 0.3) is 0 Å². The lowest BCUT2D eigenvalue weighted by Crippen LogP contribution is -2.37. The Morgan fingerprint density at radius 3 is 2.67 bits per heavy atom. The molecule has 1 aromatic carbocycles. The zero-order valence-electron chi connectivity index (χ0n) is 12.9. The van der Waals surface area contributed by atoms with Crippen LogP contribution < -0.4 is 5.73 Å². The van der Waals surface area contributed by atoms with Crippen LogP contribution in [0.4, 0.5) is 4.79 Å². The highest BCUT2D eigenvalue weighted by molar-refractivity contribution is 5.61. The number of phenolic OH excluding ortho intramolecular Hbond substituents is 1. The second kappa shape index (κ2) is 7.88. The zero-order chi connectivity index (χ0) is 15.9. The zero-order valence-corrected chi connectivity index (χ0v) is 12.9. The Morgan fingerprint density at radius 1 is 1.43 bits per heavy atom. The summed E-state index contributed by atoms with van der Waals surface area (Å²) in [4.78, 5) is 11.2. The molecule has 5 nitrogen and oxygen atoms in total. The number of nitrogens with zero attached hydrogens (tertiary/aromatic N) is 1. The summed E-state index contributed by atoms with van der Waals surface area (Å²) in [5.74, 6) is 0.391. The van der Waals surface area contributed by atoms with Crippen molar-refractivity contribution in [2.45, 2.75) is 38.0 Å². The number of hydrogen-bond acceptors (Lipinski definition) is 3. The molecular weight excluding hydrogens is 268 g/mol. The van der Waals surface area contributed by atoms with Gasteiger partial charge in [0.1, 0.15) is 5.75 Å². The number of benzene rings is 1. The maximum Gasteiger partial charge on any atom is 0.402 e. The van der Waals surface area contributed by atoms with Gasteiger partial charge >= 0.3 is 6.09 Å². The fourth-order valence-electron chi connectivity index (χ4n) is 3.08. The summed E-state index contributed by atoms with van der Waals surface area (Å²) in [5.41, 5.74) is 5.55. The number of hydrogen-bond donors (Lipinski definition) is 3. The normalized spacial score (nSPS) is 22.8. The van der Waals surface area contributed by atoms with E-state index in [9.17, 15) is 5.11 Å². The Labute approximate surface area is 126 Å². The van der Waals surface area contributed by atoms with Crippen LogP contribution >= 0.6 is 0 Å². The number of carboxylic acid groups (broad SMARTS) is 1. The maximum atomic E-state index is 9.68. The first kappa shape index (κ1) is 17.3. The number of phenols is 1. The first-order chi connectivity index (χ1) is 9.89. The van der Waals surface area contributed by atoms with Crippen molar-refractivity contribution < 1.29 is 15.0 Å². The van der Waals surface area contributed by atoms with Crippen molar-refractivity contribution in [2.75, 3.05) is 20.1 Å². The third-order valence-corrected chi connectivity index (χ3v) is 4.15. The Bertz CT molecular complexity index is 461. The molecule has 21 heavy (non-hydrogen) atoms. The van der Waals surface area contributed by atoms with Gasteiger partial charge < -0.3 is 20.8 Å². The monoisotopic (exact) mass is 294 g/mol. The van der Waals surface area contributed by atoms with Crippen molar-refractivity contribution in [3.63, 3.8) is 0 Å². The number of aromatic hydroxyl groups is 1. The fraction of sp³-hybridized carbons (Fsp3) is 0.562. The average Bonchev–Trinajstić information content (AvgIpc) is 2.60. The Balaban J connectivity index is 0.000000491. The predicted molar refractivity (Wildman–Crippen MR) is 83.6 cm³/mol. The third kappa shape index (κ3) is 5.27. The smallest absolute Gasteiger partial charge is 0.402 e. The summed E-state index contributed by atoms with van der Waals surface area (Å²) < 4.78 is 0. The summed E-state index contributed by atoms with van der Waals surface area (Å²) in [6, 6.07) is 7.84. The van der Waals surface area contributed by atoms with E-state index in [4.69, 9.17) is 9.90 Å². The molecule has 0 aromatic heterocycles. The first-order valence-electron chi connectivity index (χ1n) is 7.36. The standard InChI is InChI=1S/C15H23NO.CH3NO2/c1-3-15(9-4-5-10-16(2)12-15)13-7-6-8-14(17)11-13;2-1(3)4/h6-8,11,17H,3-5,9-10,12H2,1-2H3;2H2,(H,3,4). The minimum absolute atomic E-state index is 0.226. The average molecular weight is 294 g/mol. The molecule has 5 heteroatoms. The Kier molecular flexibility index (Phi) is 6.49. The lowest BCUT2D eigenvalue weighted by Gasteiger charge is -2.35. The number of carbonyl (C=O) groups is 1. The highest BCUT2D eigenvalue weighted by atomic mass is 16.4. The van der Waals surface area contributed by atoms with Crippen LogP contribution in [0.2, 0.25) is 0 Å². The summed E-state index contributed by atoms with van der Waals surface area (Å²) in [6.07, 6.45) is 3.61. The quantitative estimate of drug-likeness (QED) is 0.782. The molecule has 1 aliphatic heterocycles. The SMILES string of the molecule is CCC1(c2cccc(O)c2)CCCCN(C)C1.NC(=O)O. The van der Waals surface area contributed by atoms with Crippen LogP contribution in [0.3, 0.4) is 0 Å². The highest BCUT2D eigenvalue weighted by Crippen LogP contribution is 2.37. The molecule has 0 radical (unpaired) electrons. The van der Waals surface area contributed by atoms with Crippen molar-refractivity contribution >= 4 is 6.09 Å². The lowest BCUT2D eigenvalue weighted by molar-refractivity contribution is 0.205. The highest BCUT2D eigenvalue weighted by Gasteiger charge is 2.33. The van der Waals surface area contributed by atoms with E-state index in [0.29, 0.717) is 5.75 Å². The van der Waals surface area contributed by atoms with Crippen LogP contribution in [0, 0.1) is 0 Å². The first-order valence-corrected chi connectivity index (χ1v) is 7.36. The molecule has 1 saturated heterocycles. The van der Waals surface area contributed by atoms with E-state index in [1.165, 1.54) is 31.4 Å². The van der Waals surface area contributed by atoms with Gasteiger partial charge in [-0.15, -0.1) is 0 Å². The van der Waals surface area contributed by atoms with Crippen LogP contribution in [0.1, 0.15) is 38.2 Å². The van der Waals surface area contributed by atoms with Gasteiger partial charge in [0, 0.05) is 12.0 Å². The van der Waals surface area contributed by atoms with E-state index in [1.54, 1.807) is 6.07 Å². The molecule has 4 N–H and O–H groups in total. The van der Waals surface area contributed by atoms with Gasteiger partial charge in [0.2, 0.25) is 0 Å². The summed E-state index contributed by atoms with van der Waals surface area (Å²) >= 11 is 0. The lowest BCUT2D eigenvalue weighted by atomic mass is 9.74.